The minimum atomic E-state index is -0.520. The molecule has 0 atom stereocenters. The molecule has 0 aliphatic carbocycles. The zero-order valence-electron chi connectivity index (χ0n) is 16.5. The van der Waals surface area contributed by atoms with Gasteiger partial charge in [0.15, 0.2) is 0 Å². The van der Waals surface area contributed by atoms with Crippen LogP contribution in [0.4, 0.5) is 10.6 Å². The number of rotatable bonds is 3. The van der Waals surface area contributed by atoms with E-state index in [9.17, 15) is 9.59 Å². The average molecular weight is 363 g/mol. The van der Waals surface area contributed by atoms with Crippen molar-refractivity contribution in [1.82, 2.24) is 9.88 Å². The van der Waals surface area contributed by atoms with E-state index >= 15 is 0 Å². The molecule has 0 radical (unpaired) electrons. The van der Waals surface area contributed by atoms with E-state index in [1.54, 1.807) is 11.1 Å². The molecule has 0 bridgehead atoms. The van der Waals surface area contributed by atoms with Crippen molar-refractivity contribution in [2.75, 3.05) is 31.6 Å². The largest absolute Gasteiger partial charge is 0.469 e. The number of aromatic nitrogens is 1. The van der Waals surface area contributed by atoms with Crippen LogP contribution in [0.15, 0.2) is 18.3 Å². The molecule has 1 aromatic heterocycles. The van der Waals surface area contributed by atoms with Crippen molar-refractivity contribution in [1.29, 1.82) is 0 Å². The van der Waals surface area contributed by atoms with E-state index in [4.69, 9.17) is 9.47 Å². The number of piperazine rings is 1. The fourth-order valence-corrected chi connectivity index (χ4v) is 2.99. The average Bonchev–Trinajstić information content (AvgIpc) is 2.52. The number of hydrogen-bond donors (Lipinski definition) is 0. The molecule has 26 heavy (non-hydrogen) atoms. The number of methoxy groups -OCH3 is 1. The Balaban J connectivity index is 2.10. The van der Waals surface area contributed by atoms with Crippen molar-refractivity contribution in [3.8, 4) is 0 Å². The monoisotopic (exact) mass is 363 g/mol. The van der Waals surface area contributed by atoms with Gasteiger partial charge in [0.1, 0.15) is 11.4 Å². The van der Waals surface area contributed by atoms with Gasteiger partial charge in [-0.3, -0.25) is 9.69 Å². The predicted octanol–water partition coefficient (Wildman–Crippen LogP) is 2.63. The number of carbonyl (C=O) groups is 2. The summed E-state index contributed by atoms with van der Waals surface area (Å²) in [6.45, 7) is 11.5. The molecule has 0 aromatic carbocycles. The lowest BCUT2D eigenvalue weighted by atomic mass is 9.99. The molecule has 2 heterocycles. The molecular formula is C19H29N3O4. The highest BCUT2D eigenvalue weighted by Crippen LogP contribution is 2.26. The maximum Gasteiger partial charge on any atom is 0.410 e. The minimum absolute atomic E-state index is 0.216. The second-order valence-electron chi connectivity index (χ2n) is 8.14. The highest BCUT2D eigenvalue weighted by Gasteiger charge is 2.39. The molecule has 1 amide bonds. The van der Waals surface area contributed by atoms with Gasteiger partial charge in [-0.25, -0.2) is 9.78 Å². The summed E-state index contributed by atoms with van der Waals surface area (Å²) >= 11 is 0. The fraction of sp³-hybridized carbons (Fsp3) is 0.632. The van der Waals surface area contributed by atoms with Crippen LogP contribution in [-0.2, 0) is 20.7 Å². The Hall–Kier alpha value is -2.31. The summed E-state index contributed by atoms with van der Waals surface area (Å²) in [5.74, 6) is 0.514. The Morgan fingerprint density at radius 2 is 1.96 bits per heavy atom. The van der Waals surface area contributed by atoms with Crippen LogP contribution in [0, 0.1) is 0 Å². The van der Waals surface area contributed by atoms with Crippen LogP contribution in [0.3, 0.4) is 0 Å². The van der Waals surface area contributed by atoms with E-state index in [0.29, 0.717) is 19.6 Å². The summed E-state index contributed by atoms with van der Waals surface area (Å²) in [7, 11) is 1.38. The van der Waals surface area contributed by atoms with E-state index in [2.05, 4.69) is 9.88 Å². The number of esters is 1. The Morgan fingerprint density at radius 1 is 1.27 bits per heavy atom. The van der Waals surface area contributed by atoms with Gasteiger partial charge in [0.05, 0.1) is 19.1 Å². The van der Waals surface area contributed by atoms with Crippen LogP contribution in [0.1, 0.15) is 40.2 Å². The standard InChI is InChI=1S/C19H29N3O4/c1-18(2,3)26-17(24)22-10-9-21(13-19(22,4)5)15-11-14(7-8-20-15)12-16(23)25-6/h7-8,11H,9-10,12-13H2,1-6H3. The van der Waals surface area contributed by atoms with E-state index in [1.807, 2.05) is 46.8 Å². The lowest BCUT2D eigenvalue weighted by Gasteiger charge is -2.47. The summed E-state index contributed by atoms with van der Waals surface area (Å²) < 4.78 is 10.3. The first-order chi connectivity index (χ1) is 12.0. The van der Waals surface area contributed by atoms with Gasteiger partial charge in [-0.1, -0.05) is 0 Å². The van der Waals surface area contributed by atoms with Crippen molar-refractivity contribution in [3.05, 3.63) is 23.9 Å². The molecule has 0 N–H and O–H groups in total. The van der Waals surface area contributed by atoms with E-state index in [0.717, 1.165) is 11.4 Å². The van der Waals surface area contributed by atoms with Crippen molar-refractivity contribution >= 4 is 17.9 Å². The van der Waals surface area contributed by atoms with Crippen LogP contribution in [0.25, 0.3) is 0 Å². The Morgan fingerprint density at radius 3 is 2.54 bits per heavy atom. The number of nitrogens with zero attached hydrogens (tertiary/aromatic N) is 3. The second kappa shape index (κ2) is 7.51. The molecule has 0 spiro atoms. The van der Waals surface area contributed by atoms with E-state index in [-0.39, 0.29) is 18.5 Å². The van der Waals surface area contributed by atoms with Crippen molar-refractivity contribution in [2.24, 2.45) is 0 Å². The highest BCUT2D eigenvalue weighted by atomic mass is 16.6. The third-order valence-electron chi connectivity index (χ3n) is 4.23. The lowest BCUT2D eigenvalue weighted by Crippen LogP contribution is -2.62. The van der Waals surface area contributed by atoms with Gasteiger partial charge in [-0.15, -0.1) is 0 Å². The van der Waals surface area contributed by atoms with Gasteiger partial charge in [-0.2, -0.15) is 0 Å². The zero-order chi connectivity index (χ0) is 19.5. The molecule has 7 nitrogen and oxygen atoms in total. The summed E-state index contributed by atoms with van der Waals surface area (Å²) in [6, 6.07) is 3.71. The second-order valence-corrected chi connectivity index (χ2v) is 8.14. The number of amides is 1. The van der Waals surface area contributed by atoms with Crippen LogP contribution in [0.2, 0.25) is 0 Å². The molecule has 1 aliphatic rings. The van der Waals surface area contributed by atoms with Crippen molar-refractivity contribution in [2.45, 2.75) is 52.2 Å². The Bertz CT molecular complexity index is 667. The van der Waals surface area contributed by atoms with E-state index < -0.39 is 11.1 Å². The molecule has 1 saturated heterocycles. The normalized spacial score (nSPS) is 17.0. The summed E-state index contributed by atoms with van der Waals surface area (Å²) in [4.78, 5) is 32.3. The SMILES string of the molecule is COC(=O)Cc1ccnc(N2CCN(C(=O)OC(C)(C)C)C(C)(C)C2)c1. The number of ether oxygens (including phenoxy) is 2. The summed E-state index contributed by atoms with van der Waals surface area (Å²) in [5, 5.41) is 0. The quantitative estimate of drug-likeness (QED) is 0.769. The molecule has 0 saturated carbocycles. The highest BCUT2D eigenvalue weighted by molar-refractivity contribution is 5.73. The van der Waals surface area contributed by atoms with Gasteiger partial charge >= 0.3 is 12.1 Å². The van der Waals surface area contributed by atoms with Gasteiger partial charge in [0, 0.05) is 25.8 Å². The summed E-state index contributed by atoms with van der Waals surface area (Å²) in [6.07, 6.45) is 1.61. The molecule has 0 unspecified atom stereocenters. The molecule has 144 valence electrons. The minimum Gasteiger partial charge on any atom is -0.469 e. The first kappa shape index (κ1) is 20.0. The number of hydrogen-bond acceptors (Lipinski definition) is 6. The molecule has 1 aromatic rings. The van der Waals surface area contributed by atoms with Crippen molar-refractivity contribution < 1.29 is 19.1 Å². The first-order valence-electron chi connectivity index (χ1n) is 8.79. The van der Waals surface area contributed by atoms with Gasteiger partial charge in [-0.05, 0) is 52.3 Å². The van der Waals surface area contributed by atoms with E-state index in [1.165, 1.54) is 7.11 Å². The maximum atomic E-state index is 12.5. The fourth-order valence-electron chi connectivity index (χ4n) is 2.99. The molecule has 7 heteroatoms. The number of pyridine rings is 1. The van der Waals surface area contributed by atoms with Crippen molar-refractivity contribution in [3.63, 3.8) is 0 Å². The zero-order valence-corrected chi connectivity index (χ0v) is 16.5. The topological polar surface area (TPSA) is 72.0 Å². The Kier molecular flexibility index (Phi) is 5.78. The van der Waals surface area contributed by atoms with Crippen LogP contribution in [0.5, 0.6) is 0 Å². The molecule has 2 rings (SSSR count). The van der Waals surface area contributed by atoms with Crippen LogP contribution >= 0.6 is 0 Å². The van der Waals surface area contributed by atoms with Gasteiger partial charge < -0.3 is 14.4 Å². The van der Waals surface area contributed by atoms with Crippen LogP contribution < -0.4 is 4.90 Å². The first-order valence-corrected chi connectivity index (χ1v) is 8.79. The Labute approximate surface area is 155 Å². The lowest BCUT2D eigenvalue weighted by molar-refractivity contribution is -0.139. The summed E-state index contributed by atoms with van der Waals surface area (Å²) in [5.41, 5.74) is -0.0662. The van der Waals surface area contributed by atoms with Gasteiger partial charge in [0.2, 0.25) is 0 Å². The van der Waals surface area contributed by atoms with Crippen LogP contribution in [-0.4, -0.2) is 59.8 Å². The maximum absolute atomic E-state index is 12.5. The number of anilines is 1. The predicted molar refractivity (Wildman–Crippen MR) is 99.2 cm³/mol. The van der Waals surface area contributed by atoms with Gasteiger partial charge in [0.25, 0.3) is 0 Å². The number of carbonyl (C=O) groups excluding carboxylic acids is 2. The molecule has 1 aliphatic heterocycles. The smallest absolute Gasteiger partial charge is 0.410 e. The molecule has 1 fully saturated rings. The third-order valence-corrected chi connectivity index (χ3v) is 4.23. The molecular weight excluding hydrogens is 334 g/mol. The third kappa shape index (κ3) is 5.09.